The second-order valence-electron chi connectivity index (χ2n) is 5.41. The van der Waals surface area contributed by atoms with Crippen LogP contribution in [0.4, 0.5) is 0 Å². The van der Waals surface area contributed by atoms with Crippen molar-refractivity contribution in [3.8, 4) is 0 Å². The summed E-state index contributed by atoms with van der Waals surface area (Å²) in [5.41, 5.74) is 4.22. The van der Waals surface area contributed by atoms with Crippen LogP contribution >= 0.6 is 0 Å². The number of hydrazine groups is 1. The number of carbonyl (C=O) groups is 3. The highest BCUT2D eigenvalue weighted by Crippen LogP contribution is 2.33. The van der Waals surface area contributed by atoms with E-state index in [9.17, 15) is 14.4 Å². The van der Waals surface area contributed by atoms with Gasteiger partial charge in [0, 0.05) is 6.61 Å². The molecule has 1 aliphatic rings. The van der Waals surface area contributed by atoms with Gasteiger partial charge in [-0.1, -0.05) is 55.1 Å². The van der Waals surface area contributed by atoms with Crippen LogP contribution in [0.2, 0.25) is 0 Å². The number of ether oxygens (including phenoxy) is 2. The summed E-state index contributed by atoms with van der Waals surface area (Å²) in [5.74, 6) is -2.54. The molecule has 0 aromatic heterocycles. The lowest BCUT2D eigenvalue weighted by Gasteiger charge is -2.26. The van der Waals surface area contributed by atoms with Crippen molar-refractivity contribution in [2.75, 3.05) is 20.3 Å². The monoisotopic (exact) mass is 360 g/mol. The third-order valence-electron chi connectivity index (χ3n) is 3.77. The van der Waals surface area contributed by atoms with Gasteiger partial charge in [0.1, 0.15) is 5.41 Å². The lowest BCUT2D eigenvalue weighted by Crippen LogP contribution is -2.53. The van der Waals surface area contributed by atoms with E-state index in [4.69, 9.17) is 4.74 Å². The Hall–Kier alpha value is -2.93. The van der Waals surface area contributed by atoms with Crippen LogP contribution in [-0.4, -0.2) is 38.1 Å². The minimum atomic E-state index is -1.08. The van der Waals surface area contributed by atoms with Gasteiger partial charge in [0.15, 0.2) is 0 Å². The highest BCUT2D eigenvalue weighted by Gasteiger charge is 2.44. The largest absolute Gasteiger partial charge is 0.462 e. The van der Waals surface area contributed by atoms with Crippen LogP contribution in [0, 0.1) is 0 Å². The molecule has 1 aromatic carbocycles. The Labute approximate surface area is 153 Å². The van der Waals surface area contributed by atoms with Crippen LogP contribution < -0.4 is 10.9 Å². The first-order chi connectivity index (χ1) is 12.5. The van der Waals surface area contributed by atoms with Gasteiger partial charge in [-0.15, -0.1) is 0 Å². The molecule has 1 aromatic rings. The van der Waals surface area contributed by atoms with Crippen molar-refractivity contribution in [1.82, 2.24) is 10.9 Å². The summed E-state index contributed by atoms with van der Waals surface area (Å²) in [5, 5.41) is 0. The number of benzene rings is 1. The fourth-order valence-electron chi connectivity index (χ4n) is 2.37. The Kier molecular flexibility index (Phi) is 8.80. The van der Waals surface area contributed by atoms with Crippen LogP contribution in [0.15, 0.2) is 55.1 Å². The lowest BCUT2D eigenvalue weighted by atomic mass is 9.79. The predicted molar refractivity (Wildman–Crippen MR) is 96.9 cm³/mol. The van der Waals surface area contributed by atoms with Crippen LogP contribution in [0.25, 0.3) is 0 Å². The first-order valence-corrected chi connectivity index (χ1v) is 8.07. The zero-order valence-corrected chi connectivity index (χ0v) is 15.0. The molecular formula is C19H24N2O5. The van der Waals surface area contributed by atoms with Gasteiger partial charge in [-0.05, 0) is 18.9 Å². The highest BCUT2D eigenvalue weighted by molar-refractivity contribution is 6.32. The molecule has 26 heavy (non-hydrogen) atoms. The number of allylic oxidation sites excluding steroid dienone is 3. The number of amides is 2. The molecule has 1 heterocycles. The topological polar surface area (TPSA) is 93.7 Å². The standard InChI is InChI=1S/C14H16N2O5.C5H8/c1-20-12(18)11(17)15-16-13(19)14(7-8-21-9-14)10-5-3-2-4-6-10;1-3-5-4-2/h2-6H,7-9H2,1H3,(H,15,17)(H,16,19);3-5H,1H2,2H3/b;5-4-. The quantitative estimate of drug-likeness (QED) is 0.368. The van der Waals surface area contributed by atoms with E-state index >= 15 is 0 Å². The number of methoxy groups -OCH3 is 1. The minimum absolute atomic E-state index is 0.219. The van der Waals surface area contributed by atoms with E-state index in [-0.39, 0.29) is 6.61 Å². The first kappa shape index (κ1) is 21.1. The number of hydrogen-bond donors (Lipinski definition) is 2. The van der Waals surface area contributed by atoms with Crippen molar-refractivity contribution in [1.29, 1.82) is 0 Å². The Morgan fingerprint density at radius 3 is 2.38 bits per heavy atom. The van der Waals surface area contributed by atoms with Crippen LogP contribution in [0.1, 0.15) is 18.9 Å². The SMILES string of the molecule is C=C/C=C\C.COC(=O)C(=O)NNC(=O)C1(c2ccccc2)CCOC1. The zero-order valence-electron chi connectivity index (χ0n) is 15.0. The Bertz CT molecular complexity index is 649. The molecule has 0 radical (unpaired) electrons. The summed E-state index contributed by atoms with van der Waals surface area (Å²) < 4.78 is 9.60. The molecular weight excluding hydrogens is 336 g/mol. The zero-order chi connectivity index (χ0) is 19.4. The summed E-state index contributed by atoms with van der Waals surface area (Å²) in [7, 11) is 1.08. The molecule has 2 N–H and O–H groups in total. The van der Waals surface area contributed by atoms with Crippen molar-refractivity contribution in [3.05, 3.63) is 60.7 Å². The van der Waals surface area contributed by atoms with E-state index in [2.05, 4.69) is 16.7 Å². The molecule has 2 rings (SSSR count). The molecule has 2 amide bonds. The number of carbonyl (C=O) groups excluding carboxylic acids is 3. The third kappa shape index (κ3) is 5.56. The van der Waals surface area contributed by atoms with E-state index < -0.39 is 23.2 Å². The van der Waals surface area contributed by atoms with Crippen LogP contribution in [0.3, 0.4) is 0 Å². The Balaban J connectivity index is 0.000000597. The molecule has 0 aliphatic carbocycles. The predicted octanol–water partition coefficient (Wildman–Crippen LogP) is 1.41. The molecule has 7 nitrogen and oxygen atoms in total. The summed E-state index contributed by atoms with van der Waals surface area (Å²) >= 11 is 0. The molecule has 1 unspecified atom stereocenters. The fourth-order valence-corrected chi connectivity index (χ4v) is 2.37. The molecule has 140 valence electrons. The maximum atomic E-state index is 12.4. The molecule has 1 saturated heterocycles. The Morgan fingerprint density at radius 2 is 1.92 bits per heavy atom. The number of rotatable bonds is 3. The van der Waals surface area contributed by atoms with Gasteiger partial charge in [0.05, 0.1) is 13.7 Å². The van der Waals surface area contributed by atoms with Crippen molar-refractivity contribution < 1.29 is 23.9 Å². The average molecular weight is 360 g/mol. The molecule has 1 fully saturated rings. The maximum absolute atomic E-state index is 12.4. The van der Waals surface area contributed by atoms with Gasteiger partial charge in [0.25, 0.3) is 5.91 Å². The van der Waals surface area contributed by atoms with Crippen molar-refractivity contribution in [2.24, 2.45) is 0 Å². The van der Waals surface area contributed by atoms with Crippen molar-refractivity contribution in [2.45, 2.75) is 18.8 Å². The second kappa shape index (κ2) is 10.8. The number of esters is 1. The molecule has 0 bridgehead atoms. The smallest absolute Gasteiger partial charge is 0.398 e. The summed E-state index contributed by atoms with van der Waals surface area (Å²) in [6.07, 6.45) is 6.07. The van der Waals surface area contributed by atoms with E-state index in [1.165, 1.54) is 0 Å². The molecule has 0 spiro atoms. The molecule has 7 heteroatoms. The second-order valence-corrected chi connectivity index (χ2v) is 5.41. The van der Waals surface area contributed by atoms with Crippen molar-refractivity contribution >= 4 is 17.8 Å². The summed E-state index contributed by atoms with van der Waals surface area (Å²) in [6.45, 7) is 6.09. The molecule has 0 saturated carbocycles. The molecule has 1 atom stereocenters. The van der Waals surface area contributed by atoms with Gasteiger partial charge in [-0.3, -0.25) is 20.4 Å². The minimum Gasteiger partial charge on any atom is -0.462 e. The van der Waals surface area contributed by atoms with Gasteiger partial charge in [-0.25, -0.2) is 4.79 Å². The van der Waals surface area contributed by atoms with E-state index in [1.807, 2.05) is 54.8 Å². The van der Waals surface area contributed by atoms with E-state index in [1.54, 1.807) is 6.08 Å². The maximum Gasteiger partial charge on any atom is 0.398 e. The number of hydrogen-bond acceptors (Lipinski definition) is 5. The van der Waals surface area contributed by atoms with Gasteiger partial charge in [0.2, 0.25) is 0 Å². The highest BCUT2D eigenvalue weighted by atomic mass is 16.5. The van der Waals surface area contributed by atoms with E-state index in [0.29, 0.717) is 13.0 Å². The average Bonchev–Trinajstić information content (AvgIpc) is 3.18. The van der Waals surface area contributed by atoms with Gasteiger partial charge >= 0.3 is 11.9 Å². The van der Waals surface area contributed by atoms with Crippen LogP contribution in [0.5, 0.6) is 0 Å². The summed E-state index contributed by atoms with van der Waals surface area (Å²) in [4.78, 5) is 34.7. The van der Waals surface area contributed by atoms with Crippen LogP contribution in [-0.2, 0) is 29.3 Å². The summed E-state index contributed by atoms with van der Waals surface area (Å²) in [6, 6.07) is 9.17. The fraction of sp³-hybridized carbons (Fsp3) is 0.316. The normalized spacial score (nSPS) is 18.4. The third-order valence-corrected chi connectivity index (χ3v) is 3.77. The molecule has 1 aliphatic heterocycles. The van der Waals surface area contributed by atoms with Gasteiger partial charge in [-0.2, -0.15) is 0 Å². The van der Waals surface area contributed by atoms with Crippen molar-refractivity contribution in [3.63, 3.8) is 0 Å². The Morgan fingerprint density at radius 1 is 1.23 bits per heavy atom. The van der Waals surface area contributed by atoms with Gasteiger partial charge < -0.3 is 9.47 Å². The lowest BCUT2D eigenvalue weighted by molar-refractivity contribution is -0.153. The first-order valence-electron chi connectivity index (χ1n) is 8.07. The van der Waals surface area contributed by atoms with E-state index in [0.717, 1.165) is 12.7 Å². The number of nitrogens with one attached hydrogen (secondary N) is 2.